The van der Waals surface area contributed by atoms with E-state index in [1.54, 1.807) is 12.5 Å². The van der Waals surface area contributed by atoms with E-state index >= 15 is 0 Å². The maximum atomic E-state index is 12.4. The lowest BCUT2D eigenvalue weighted by molar-refractivity contribution is -0.120. The van der Waals surface area contributed by atoms with Crippen molar-refractivity contribution < 1.29 is 4.79 Å². The number of rotatable bonds is 3. The van der Waals surface area contributed by atoms with Crippen molar-refractivity contribution in [2.75, 3.05) is 5.32 Å². The highest BCUT2D eigenvalue weighted by molar-refractivity contribution is 5.94. The Morgan fingerprint density at radius 3 is 2.71 bits per heavy atom. The number of nitrogens with zero attached hydrogens (tertiary/aromatic N) is 2. The molecule has 3 N–H and O–H groups in total. The van der Waals surface area contributed by atoms with Gasteiger partial charge in [0.2, 0.25) is 5.91 Å². The normalized spacial score (nSPS) is 22.0. The molecule has 1 saturated carbocycles. The minimum atomic E-state index is 0.0700. The van der Waals surface area contributed by atoms with Gasteiger partial charge >= 0.3 is 0 Å². The van der Waals surface area contributed by atoms with Gasteiger partial charge in [0, 0.05) is 24.4 Å². The fourth-order valence-corrected chi connectivity index (χ4v) is 2.82. The van der Waals surface area contributed by atoms with E-state index < -0.39 is 0 Å². The smallest absolute Gasteiger partial charge is 0.227 e. The Morgan fingerprint density at radius 2 is 2.00 bits per heavy atom. The molecule has 0 spiro atoms. The molecule has 3 rings (SSSR count). The van der Waals surface area contributed by atoms with E-state index in [1.807, 2.05) is 35.0 Å². The molecule has 1 heterocycles. The summed E-state index contributed by atoms with van der Waals surface area (Å²) in [6, 6.07) is 8.01. The van der Waals surface area contributed by atoms with Gasteiger partial charge < -0.3 is 15.6 Å². The van der Waals surface area contributed by atoms with Crippen LogP contribution in [0, 0.1) is 5.92 Å². The summed E-state index contributed by atoms with van der Waals surface area (Å²) in [5, 5.41) is 3.05. The van der Waals surface area contributed by atoms with Crippen molar-refractivity contribution in [2.24, 2.45) is 11.7 Å². The van der Waals surface area contributed by atoms with Crippen LogP contribution in [-0.2, 0) is 4.79 Å². The summed E-state index contributed by atoms with van der Waals surface area (Å²) < 4.78 is 1.90. The molecule has 110 valence electrons. The molecule has 1 amide bonds. The highest BCUT2D eigenvalue weighted by atomic mass is 16.1. The van der Waals surface area contributed by atoms with E-state index in [0.29, 0.717) is 0 Å². The molecule has 1 fully saturated rings. The highest BCUT2D eigenvalue weighted by Gasteiger charge is 2.25. The molecule has 1 aliphatic rings. The lowest BCUT2D eigenvalue weighted by Gasteiger charge is -2.25. The maximum Gasteiger partial charge on any atom is 0.227 e. The number of aromatic nitrogens is 2. The summed E-state index contributed by atoms with van der Waals surface area (Å²) in [5.41, 5.74) is 7.64. The first-order valence-electron chi connectivity index (χ1n) is 7.38. The monoisotopic (exact) mass is 284 g/mol. The molecule has 0 aliphatic heterocycles. The van der Waals surface area contributed by atoms with Crippen LogP contribution in [0.15, 0.2) is 43.0 Å². The molecule has 0 saturated heterocycles. The molecule has 0 atom stereocenters. The number of carbonyl (C=O) groups is 1. The molecule has 21 heavy (non-hydrogen) atoms. The zero-order valence-corrected chi connectivity index (χ0v) is 11.9. The van der Waals surface area contributed by atoms with Gasteiger partial charge in [-0.2, -0.15) is 0 Å². The number of carbonyl (C=O) groups excluding carboxylic acids is 1. The Bertz CT molecular complexity index is 600. The largest absolute Gasteiger partial charge is 0.328 e. The number of para-hydroxylation sites is 2. The van der Waals surface area contributed by atoms with Crippen LogP contribution < -0.4 is 11.1 Å². The van der Waals surface area contributed by atoms with Gasteiger partial charge in [0.15, 0.2) is 0 Å². The molecular formula is C16H20N4O. The molecule has 0 unspecified atom stereocenters. The highest BCUT2D eigenvalue weighted by Crippen LogP contribution is 2.26. The van der Waals surface area contributed by atoms with Crippen molar-refractivity contribution in [3.63, 3.8) is 0 Å². The molecule has 1 aromatic carbocycles. The number of imidazole rings is 1. The third-order valence-corrected chi connectivity index (χ3v) is 4.09. The van der Waals surface area contributed by atoms with Crippen LogP contribution >= 0.6 is 0 Å². The van der Waals surface area contributed by atoms with E-state index in [-0.39, 0.29) is 17.9 Å². The second kappa shape index (κ2) is 6.10. The average Bonchev–Trinajstić information content (AvgIpc) is 3.02. The van der Waals surface area contributed by atoms with Gasteiger partial charge in [0.1, 0.15) is 0 Å². The minimum absolute atomic E-state index is 0.0700. The van der Waals surface area contributed by atoms with Gasteiger partial charge in [-0.1, -0.05) is 12.1 Å². The van der Waals surface area contributed by atoms with Gasteiger partial charge in [0.25, 0.3) is 0 Å². The second-order valence-corrected chi connectivity index (χ2v) is 5.59. The first kappa shape index (κ1) is 13.8. The lowest BCUT2D eigenvalue weighted by atomic mass is 9.86. The summed E-state index contributed by atoms with van der Waals surface area (Å²) in [5.74, 6) is 0.162. The Balaban J connectivity index is 1.75. The predicted molar refractivity (Wildman–Crippen MR) is 82.1 cm³/mol. The first-order chi connectivity index (χ1) is 10.2. The van der Waals surface area contributed by atoms with Crippen molar-refractivity contribution in [3.8, 4) is 5.69 Å². The van der Waals surface area contributed by atoms with Crippen LogP contribution in [0.3, 0.4) is 0 Å². The summed E-state index contributed by atoms with van der Waals surface area (Å²) in [7, 11) is 0. The SMILES string of the molecule is NC1CCC(C(=O)Nc2ccccc2-n2ccnc2)CC1. The Hall–Kier alpha value is -2.14. The number of anilines is 1. The molecule has 5 nitrogen and oxygen atoms in total. The lowest BCUT2D eigenvalue weighted by Crippen LogP contribution is -2.32. The third-order valence-electron chi connectivity index (χ3n) is 4.09. The van der Waals surface area contributed by atoms with Gasteiger partial charge in [-0.15, -0.1) is 0 Å². The number of nitrogens with one attached hydrogen (secondary N) is 1. The van der Waals surface area contributed by atoms with E-state index in [1.165, 1.54) is 0 Å². The van der Waals surface area contributed by atoms with Crippen LogP contribution in [0.4, 0.5) is 5.69 Å². The van der Waals surface area contributed by atoms with Crippen molar-refractivity contribution >= 4 is 11.6 Å². The van der Waals surface area contributed by atoms with Crippen molar-refractivity contribution in [2.45, 2.75) is 31.7 Å². The van der Waals surface area contributed by atoms with Crippen LogP contribution in [0.25, 0.3) is 5.69 Å². The van der Waals surface area contributed by atoms with E-state index in [9.17, 15) is 4.79 Å². The van der Waals surface area contributed by atoms with Crippen LogP contribution in [0.1, 0.15) is 25.7 Å². The van der Waals surface area contributed by atoms with Gasteiger partial charge in [-0.05, 0) is 37.8 Å². The predicted octanol–water partition coefficient (Wildman–Crippen LogP) is 2.33. The summed E-state index contributed by atoms with van der Waals surface area (Å²) in [4.78, 5) is 16.5. The number of benzene rings is 1. The van der Waals surface area contributed by atoms with Gasteiger partial charge in [-0.3, -0.25) is 4.79 Å². The summed E-state index contributed by atoms with van der Waals surface area (Å²) >= 11 is 0. The molecule has 2 aromatic rings. The standard InChI is InChI=1S/C16H20N4O/c17-13-7-5-12(6-8-13)16(21)19-14-3-1-2-4-15(14)20-10-9-18-11-20/h1-4,9-13H,5-8,17H2,(H,19,21). The molecule has 0 radical (unpaired) electrons. The number of hydrogen-bond acceptors (Lipinski definition) is 3. The summed E-state index contributed by atoms with van der Waals surface area (Å²) in [6.45, 7) is 0. The van der Waals surface area contributed by atoms with Crippen LogP contribution in [0.2, 0.25) is 0 Å². The van der Waals surface area contributed by atoms with E-state index in [0.717, 1.165) is 37.1 Å². The summed E-state index contributed by atoms with van der Waals surface area (Å²) in [6.07, 6.45) is 8.93. The number of hydrogen-bond donors (Lipinski definition) is 2. The zero-order chi connectivity index (χ0) is 14.7. The molecule has 1 aromatic heterocycles. The zero-order valence-electron chi connectivity index (χ0n) is 11.9. The van der Waals surface area contributed by atoms with Crippen molar-refractivity contribution in [1.29, 1.82) is 0 Å². The third kappa shape index (κ3) is 3.13. The van der Waals surface area contributed by atoms with Crippen LogP contribution in [0.5, 0.6) is 0 Å². The minimum Gasteiger partial charge on any atom is -0.328 e. The fraction of sp³-hybridized carbons (Fsp3) is 0.375. The number of nitrogens with two attached hydrogens (primary N) is 1. The average molecular weight is 284 g/mol. The van der Waals surface area contributed by atoms with E-state index in [2.05, 4.69) is 10.3 Å². The molecule has 0 bridgehead atoms. The van der Waals surface area contributed by atoms with Crippen molar-refractivity contribution in [3.05, 3.63) is 43.0 Å². The maximum absolute atomic E-state index is 12.4. The topological polar surface area (TPSA) is 72.9 Å². The fourth-order valence-electron chi connectivity index (χ4n) is 2.82. The molecular weight excluding hydrogens is 264 g/mol. The van der Waals surface area contributed by atoms with Crippen LogP contribution in [-0.4, -0.2) is 21.5 Å². The van der Waals surface area contributed by atoms with Gasteiger partial charge in [0.05, 0.1) is 17.7 Å². The Labute approximate surface area is 124 Å². The Morgan fingerprint density at radius 1 is 1.24 bits per heavy atom. The molecule has 1 aliphatic carbocycles. The second-order valence-electron chi connectivity index (χ2n) is 5.59. The van der Waals surface area contributed by atoms with Crippen molar-refractivity contribution in [1.82, 2.24) is 9.55 Å². The van der Waals surface area contributed by atoms with E-state index in [4.69, 9.17) is 5.73 Å². The Kier molecular flexibility index (Phi) is 4.01. The first-order valence-corrected chi connectivity index (χ1v) is 7.38. The quantitative estimate of drug-likeness (QED) is 0.908. The van der Waals surface area contributed by atoms with Gasteiger partial charge in [-0.25, -0.2) is 4.98 Å². The number of amides is 1. The molecule has 5 heteroatoms.